The molecule has 2 unspecified atom stereocenters. The standard InChI is InChI=1S/C17H36N2O2/c1-8-10-11-14(19-15(9-2)13(3)4)12-18-16(20)21-17(5,6)7/h13-15,19H,8-12H2,1-7H3,(H,18,20). The molecule has 0 fully saturated rings. The first kappa shape index (κ1) is 20.2. The molecule has 0 bridgehead atoms. The van der Waals surface area contributed by atoms with Gasteiger partial charge in [0.15, 0.2) is 0 Å². The van der Waals surface area contributed by atoms with E-state index < -0.39 is 5.60 Å². The van der Waals surface area contributed by atoms with E-state index in [4.69, 9.17) is 4.74 Å². The average molecular weight is 300 g/mol. The Bertz CT molecular complexity index is 285. The van der Waals surface area contributed by atoms with Crippen LogP contribution in [-0.2, 0) is 4.74 Å². The monoisotopic (exact) mass is 300 g/mol. The van der Waals surface area contributed by atoms with Gasteiger partial charge in [0.2, 0.25) is 0 Å². The molecule has 0 saturated heterocycles. The Kier molecular flexibility index (Phi) is 9.67. The second kappa shape index (κ2) is 10.0. The molecule has 0 aliphatic carbocycles. The Morgan fingerprint density at radius 3 is 2.24 bits per heavy atom. The minimum absolute atomic E-state index is 0.310. The summed E-state index contributed by atoms with van der Waals surface area (Å²) in [6.45, 7) is 15.1. The van der Waals surface area contributed by atoms with E-state index in [-0.39, 0.29) is 6.09 Å². The van der Waals surface area contributed by atoms with Crippen LogP contribution in [0.15, 0.2) is 0 Å². The fourth-order valence-corrected chi connectivity index (χ4v) is 2.30. The van der Waals surface area contributed by atoms with Crippen LogP contribution in [0.25, 0.3) is 0 Å². The molecule has 1 amide bonds. The first-order valence-corrected chi connectivity index (χ1v) is 8.42. The summed E-state index contributed by atoms with van der Waals surface area (Å²) in [5.74, 6) is 0.598. The van der Waals surface area contributed by atoms with Crippen molar-refractivity contribution in [3.8, 4) is 0 Å². The largest absolute Gasteiger partial charge is 0.444 e. The van der Waals surface area contributed by atoms with Gasteiger partial charge in [-0.15, -0.1) is 0 Å². The number of amides is 1. The summed E-state index contributed by atoms with van der Waals surface area (Å²) in [5.41, 5.74) is -0.444. The fraction of sp³-hybridized carbons (Fsp3) is 0.941. The van der Waals surface area contributed by atoms with Gasteiger partial charge in [0.05, 0.1) is 0 Å². The number of hydrogen-bond donors (Lipinski definition) is 2. The molecule has 2 N–H and O–H groups in total. The van der Waals surface area contributed by atoms with E-state index in [2.05, 4.69) is 38.3 Å². The zero-order chi connectivity index (χ0) is 16.5. The van der Waals surface area contributed by atoms with Crippen molar-refractivity contribution in [3.63, 3.8) is 0 Å². The van der Waals surface area contributed by atoms with E-state index in [0.29, 0.717) is 24.5 Å². The van der Waals surface area contributed by atoms with Gasteiger partial charge in [-0.3, -0.25) is 0 Å². The van der Waals surface area contributed by atoms with Crippen molar-refractivity contribution in [2.45, 2.75) is 91.8 Å². The Labute approximate surface area is 131 Å². The van der Waals surface area contributed by atoms with Crippen molar-refractivity contribution < 1.29 is 9.53 Å². The molecule has 2 atom stereocenters. The Hall–Kier alpha value is -0.770. The maximum absolute atomic E-state index is 11.8. The number of rotatable bonds is 9. The van der Waals surface area contributed by atoms with Crippen molar-refractivity contribution in [2.24, 2.45) is 5.92 Å². The minimum atomic E-state index is -0.444. The van der Waals surface area contributed by atoms with E-state index in [1.54, 1.807) is 0 Å². The first-order chi connectivity index (χ1) is 9.69. The highest BCUT2D eigenvalue weighted by molar-refractivity contribution is 5.67. The second-order valence-corrected chi connectivity index (χ2v) is 7.15. The molecule has 126 valence electrons. The molecule has 4 nitrogen and oxygen atoms in total. The maximum Gasteiger partial charge on any atom is 0.407 e. The number of alkyl carbamates (subject to hydrolysis) is 1. The lowest BCUT2D eigenvalue weighted by molar-refractivity contribution is 0.0520. The molecule has 0 spiro atoms. The van der Waals surface area contributed by atoms with Crippen LogP contribution in [0.2, 0.25) is 0 Å². The highest BCUT2D eigenvalue weighted by Crippen LogP contribution is 2.10. The summed E-state index contributed by atoms with van der Waals surface area (Å²) in [4.78, 5) is 11.8. The van der Waals surface area contributed by atoms with Crippen LogP contribution in [0, 0.1) is 5.92 Å². The van der Waals surface area contributed by atoms with Gasteiger partial charge < -0.3 is 15.4 Å². The summed E-state index contributed by atoms with van der Waals surface area (Å²) in [7, 11) is 0. The van der Waals surface area contributed by atoms with Crippen LogP contribution in [0.3, 0.4) is 0 Å². The quantitative estimate of drug-likeness (QED) is 0.674. The fourth-order valence-electron chi connectivity index (χ4n) is 2.30. The van der Waals surface area contributed by atoms with Gasteiger partial charge in [-0.25, -0.2) is 4.79 Å². The van der Waals surface area contributed by atoms with Gasteiger partial charge in [-0.2, -0.15) is 0 Å². The van der Waals surface area contributed by atoms with E-state index in [1.807, 2.05) is 20.8 Å². The molecular formula is C17H36N2O2. The molecule has 0 rings (SSSR count). The Morgan fingerprint density at radius 1 is 1.19 bits per heavy atom. The van der Waals surface area contributed by atoms with Crippen LogP contribution in [0.1, 0.15) is 74.1 Å². The van der Waals surface area contributed by atoms with Crippen molar-refractivity contribution in [1.29, 1.82) is 0 Å². The predicted octanol–water partition coefficient (Wildman–Crippen LogP) is 4.09. The predicted molar refractivity (Wildman–Crippen MR) is 89.6 cm³/mol. The number of ether oxygens (including phenoxy) is 1. The molecule has 4 heteroatoms. The van der Waals surface area contributed by atoms with E-state index in [9.17, 15) is 4.79 Å². The first-order valence-electron chi connectivity index (χ1n) is 8.42. The summed E-state index contributed by atoms with van der Waals surface area (Å²) in [5, 5.41) is 6.58. The van der Waals surface area contributed by atoms with Gasteiger partial charge in [-0.05, 0) is 39.5 Å². The van der Waals surface area contributed by atoms with Gasteiger partial charge in [0, 0.05) is 18.6 Å². The summed E-state index contributed by atoms with van der Waals surface area (Å²) in [6.07, 6.45) is 4.19. The normalized spacial score (nSPS) is 14.9. The highest BCUT2D eigenvalue weighted by Gasteiger charge is 2.19. The van der Waals surface area contributed by atoms with E-state index in [0.717, 1.165) is 12.8 Å². The van der Waals surface area contributed by atoms with Gasteiger partial charge in [-0.1, -0.05) is 40.5 Å². The third-order valence-corrected chi connectivity index (χ3v) is 3.49. The number of carbonyl (C=O) groups is 1. The Morgan fingerprint density at radius 2 is 1.81 bits per heavy atom. The van der Waals surface area contributed by atoms with Crippen molar-refractivity contribution in [1.82, 2.24) is 10.6 Å². The lowest BCUT2D eigenvalue weighted by atomic mass is 9.99. The third kappa shape index (κ3) is 10.6. The van der Waals surface area contributed by atoms with Crippen molar-refractivity contribution >= 4 is 6.09 Å². The number of carbonyl (C=O) groups excluding carboxylic acids is 1. The molecule has 0 aromatic carbocycles. The van der Waals surface area contributed by atoms with Crippen LogP contribution in [-0.4, -0.2) is 30.3 Å². The Balaban J connectivity index is 4.38. The van der Waals surface area contributed by atoms with Crippen molar-refractivity contribution in [2.75, 3.05) is 6.54 Å². The smallest absolute Gasteiger partial charge is 0.407 e. The molecule has 0 aromatic heterocycles. The number of nitrogens with one attached hydrogen (secondary N) is 2. The summed E-state index contributed by atoms with van der Waals surface area (Å²) >= 11 is 0. The van der Waals surface area contributed by atoms with Gasteiger partial charge in [0.25, 0.3) is 0 Å². The minimum Gasteiger partial charge on any atom is -0.444 e. The zero-order valence-corrected chi connectivity index (χ0v) is 15.1. The molecular weight excluding hydrogens is 264 g/mol. The summed E-state index contributed by atoms with van der Waals surface area (Å²) < 4.78 is 5.29. The molecule has 0 aliphatic heterocycles. The second-order valence-electron chi connectivity index (χ2n) is 7.15. The van der Waals surface area contributed by atoms with Crippen LogP contribution >= 0.6 is 0 Å². The number of hydrogen-bond acceptors (Lipinski definition) is 3. The SMILES string of the molecule is CCCCC(CNC(=O)OC(C)(C)C)NC(CC)C(C)C. The van der Waals surface area contributed by atoms with Crippen molar-refractivity contribution in [3.05, 3.63) is 0 Å². The van der Waals surface area contributed by atoms with Crippen LogP contribution < -0.4 is 10.6 Å². The maximum atomic E-state index is 11.8. The molecule has 21 heavy (non-hydrogen) atoms. The molecule has 0 heterocycles. The lowest BCUT2D eigenvalue weighted by Crippen LogP contribution is -2.47. The molecule has 0 aliphatic rings. The van der Waals surface area contributed by atoms with Gasteiger partial charge in [0.1, 0.15) is 5.60 Å². The van der Waals surface area contributed by atoms with Crippen LogP contribution in [0.4, 0.5) is 4.79 Å². The molecule has 0 aromatic rings. The number of unbranched alkanes of at least 4 members (excludes halogenated alkanes) is 1. The topological polar surface area (TPSA) is 50.4 Å². The average Bonchev–Trinajstić information content (AvgIpc) is 2.35. The molecule has 0 saturated carbocycles. The molecule has 0 radical (unpaired) electrons. The lowest BCUT2D eigenvalue weighted by Gasteiger charge is -2.28. The highest BCUT2D eigenvalue weighted by atomic mass is 16.6. The summed E-state index contributed by atoms with van der Waals surface area (Å²) in [6, 6.07) is 0.803. The van der Waals surface area contributed by atoms with Crippen LogP contribution in [0.5, 0.6) is 0 Å². The van der Waals surface area contributed by atoms with E-state index in [1.165, 1.54) is 12.8 Å². The zero-order valence-electron chi connectivity index (χ0n) is 15.1. The van der Waals surface area contributed by atoms with E-state index >= 15 is 0 Å². The van der Waals surface area contributed by atoms with Gasteiger partial charge >= 0.3 is 6.09 Å². The third-order valence-electron chi connectivity index (χ3n) is 3.49.